The van der Waals surface area contributed by atoms with Crippen molar-refractivity contribution in [1.82, 2.24) is 51.5 Å². The van der Waals surface area contributed by atoms with Crippen molar-refractivity contribution < 1.29 is 38.4 Å². The van der Waals surface area contributed by atoms with Gasteiger partial charge in [0.05, 0.1) is 37.3 Å². The lowest BCUT2D eigenvalue weighted by Crippen LogP contribution is -2.66. The molecule has 2 aliphatic carbocycles. The van der Waals surface area contributed by atoms with Crippen LogP contribution in [0.2, 0.25) is 0 Å². The molecule has 6 rings (SSSR count). The molecule has 2 saturated heterocycles. The molecule has 2 fully saturated rings. The van der Waals surface area contributed by atoms with Gasteiger partial charge in [-0.1, -0.05) is 102 Å². The number of piperazine rings is 2. The molecule has 416 valence electrons. The SMILES string of the molecule is CN[C@@H](C)C(=O)NC(C(=O)N1CCN(C(=O)CC/C=C/CCC(=O)N2CCN(C(=O)[C@@H](NC(=O)[C@H](C)NC)C(C)(C)C)[C@H](C(=O)N[C@@H]3CCCc4ccccc43)C2)C[C@H]1C(=O)N[C@@H]1CCCc2ccccc21)C(C)(C)C. The Morgan fingerprint density at radius 2 is 0.934 bits per heavy atom. The molecule has 8 atom stereocenters. The first-order valence-electron chi connectivity index (χ1n) is 27.6. The van der Waals surface area contributed by atoms with Crippen LogP contribution >= 0.6 is 0 Å². The Morgan fingerprint density at radius 1 is 0.566 bits per heavy atom. The van der Waals surface area contributed by atoms with Crippen LogP contribution in [0.4, 0.5) is 0 Å². The van der Waals surface area contributed by atoms with Crippen LogP contribution in [0.5, 0.6) is 0 Å². The lowest BCUT2D eigenvalue weighted by atomic mass is 9.85. The Morgan fingerprint density at radius 3 is 1.29 bits per heavy atom. The molecule has 0 aromatic heterocycles. The summed E-state index contributed by atoms with van der Waals surface area (Å²) in [5, 5.41) is 18.2. The number of carbonyl (C=O) groups excluding carboxylic acids is 8. The van der Waals surface area contributed by atoms with Crippen molar-refractivity contribution in [3.63, 3.8) is 0 Å². The fraction of sp³-hybridized carbons (Fsp3) is 0.621. The summed E-state index contributed by atoms with van der Waals surface area (Å²) >= 11 is 0. The third-order valence-electron chi connectivity index (χ3n) is 15.7. The topological polar surface area (TPSA) is 222 Å². The van der Waals surface area contributed by atoms with Gasteiger partial charge in [-0.05, 0) is 112 Å². The van der Waals surface area contributed by atoms with Crippen LogP contribution in [0, 0.1) is 10.8 Å². The average Bonchev–Trinajstić information content (AvgIpc) is 3.40. The van der Waals surface area contributed by atoms with Gasteiger partial charge in [-0.15, -0.1) is 0 Å². The molecule has 76 heavy (non-hydrogen) atoms. The predicted molar refractivity (Wildman–Crippen MR) is 292 cm³/mol. The van der Waals surface area contributed by atoms with Crippen LogP contribution in [-0.4, -0.2) is 156 Å². The highest BCUT2D eigenvalue weighted by Gasteiger charge is 2.46. The predicted octanol–water partition coefficient (Wildman–Crippen LogP) is 3.85. The fourth-order valence-corrected chi connectivity index (χ4v) is 10.7. The van der Waals surface area contributed by atoms with E-state index in [1.807, 2.05) is 90.1 Å². The van der Waals surface area contributed by atoms with Crippen molar-refractivity contribution in [2.45, 2.75) is 168 Å². The molecular formula is C58H86N10O8. The van der Waals surface area contributed by atoms with E-state index in [9.17, 15) is 38.4 Å². The van der Waals surface area contributed by atoms with Gasteiger partial charge in [0, 0.05) is 39.0 Å². The van der Waals surface area contributed by atoms with Crippen LogP contribution in [0.1, 0.15) is 141 Å². The minimum atomic E-state index is -0.994. The summed E-state index contributed by atoms with van der Waals surface area (Å²) in [4.78, 5) is 118. The summed E-state index contributed by atoms with van der Waals surface area (Å²) in [5.41, 5.74) is 3.07. The summed E-state index contributed by atoms with van der Waals surface area (Å²) in [7, 11) is 3.34. The highest BCUT2D eigenvalue weighted by Crippen LogP contribution is 2.32. The van der Waals surface area contributed by atoms with Crippen LogP contribution in [0.25, 0.3) is 0 Å². The number of nitrogens with one attached hydrogen (secondary N) is 6. The number of aryl methyl sites for hydroxylation is 2. The lowest BCUT2D eigenvalue weighted by molar-refractivity contribution is -0.152. The minimum Gasteiger partial charge on any atom is -0.347 e. The molecule has 0 saturated carbocycles. The minimum absolute atomic E-state index is 0.00637. The lowest BCUT2D eigenvalue weighted by Gasteiger charge is -2.44. The molecule has 2 aromatic carbocycles. The summed E-state index contributed by atoms with van der Waals surface area (Å²) < 4.78 is 0. The highest BCUT2D eigenvalue weighted by atomic mass is 16.2. The third-order valence-corrected chi connectivity index (χ3v) is 15.7. The van der Waals surface area contributed by atoms with Crippen molar-refractivity contribution in [3.8, 4) is 0 Å². The molecule has 4 aliphatic rings. The van der Waals surface area contributed by atoms with Crippen molar-refractivity contribution >= 4 is 47.3 Å². The van der Waals surface area contributed by atoms with E-state index >= 15 is 0 Å². The van der Waals surface area contributed by atoms with Crippen LogP contribution < -0.4 is 31.9 Å². The van der Waals surface area contributed by atoms with Gasteiger partial charge in [-0.25, -0.2) is 0 Å². The number of carbonyl (C=O) groups is 8. The average molecular weight is 1050 g/mol. The smallest absolute Gasteiger partial charge is 0.246 e. The van der Waals surface area contributed by atoms with E-state index in [1.54, 1.807) is 37.7 Å². The molecular weight excluding hydrogens is 965 g/mol. The second-order valence-corrected chi connectivity index (χ2v) is 23.3. The van der Waals surface area contributed by atoms with Gasteiger partial charge in [0.1, 0.15) is 24.2 Å². The maximum atomic E-state index is 14.5. The number of rotatable bonds is 18. The van der Waals surface area contributed by atoms with Crippen molar-refractivity contribution in [3.05, 3.63) is 82.9 Å². The molecule has 18 nitrogen and oxygen atoms in total. The number of fused-ring (bicyclic) bond motifs is 2. The molecule has 2 aromatic rings. The van der Waals surface area contributed by atoms with E-state index in [4.69, 9.17) is 0 Å². The van der Waals surface area contributed by atoms with Gasteiger partial charge < -0.3 is 51.5 Å². The van der Waals surface area contributed by atoms with Crippen molar-refractivity contribution in [1.29, 1.82) is 0 Å². The van der Waals surface area contributed by atoms with Crippen LogP contribution in [0.3, 0.4) is 0 Å². The molecule has 1 unspecified atom stereocenters. The Bertz CT molecular complexity index is 2280. The van der Waals surface area contributed by atoms with Crippen molar-refractivity contribution in [2.75, 3.05) is 53.4 Å². The molecule has 2 heterocycles. The number of amides is 8. The summed E-state index contributed by atoms with van der Waals surface area (Å²) in [6, 6.07) is 10.6. The number of allylic oxidation sites excluding steroid dienone is 2. The van der Waals surface area contributed by atoms with E-state index in [1.165, 1.54) is 20.9 Å². The van der Waals surface area contributed by atoms with Crippen molar-refractivity contribution in [2.24, 2.45) is 10.8 Å². The van der Waals surface area contributed by atoms with Gasteiger partial charge in [-0.2, -0.15) is 0 Å². The summed E-state index contributed by atoms with van der Waals surface area (Å²) in [6.45, 7) is 15.3. The van der Waals surface area contributed by atoms with Gasteiger partial charge >= 0.3 is 0 Å². The summed E-state index contributed by atoms with van der Waals surface area (Å²) in [6.07, 6.45) is 9.91. The Balaban J connectivity index is 1.09. The second kappa shape index (κ2) is 26.3. The highest BCUT2D eigenvalue weighted by molar-refractivity contribution is 5.96. The van der Waals surface area contributed by atoms with Gasteiger partial charge in [0.15, 0.2) is 0 Å². The zero-order valence-electron chi connectivity index (χ0n) is 46.8. The van der Waals surface area contributed by atoms with E-state index in [0.717, 1.165) is 49.7 Å². The first-order valence-corrected chi connectivity index (χ1v) is 27.6. The molecule has 0 spiro atoms. The summed E-state index contributed by atoms with van der Waals surface area (Å²) in [5.74, 6) is -2.49. The Labute approximate surface area is 450 Å². The monoisotopic (exact) mass is 1050 g/mol. The molecule has 0 bridgehead atoms. The third kappa shape index (κ3) is 14.9. The Kier molecular flexibility index (Phi) is 20.4. The zero-order chi connectivity index (χ0) is 55.5. The quantitative estimate of drug-likeness (QED) is 0.119. The molecule has 2 aliphatic heterocycles. The Hall–Kier alpha value is -6.14. The van der Waals surface area contributed by atoms with Crippen LogP contribution in [-0.2, 0) is 51.2 Å². The molecule has 0 radical (unpaired) electrons. The van der Waals surface area contributed by atoms with E-state index in [-0.39, 0.29) is 111 Å². The van der Waals surface area contributed by atoms with Gasteiger partial charge in [-0.3, -0.25) is 38.4 Å². The second-order valence-electron chi connectivity index (χ2n) is 23.3. The molecule has 8 amide bonds. The standard InChI is InChI=1S/C58H86N10O8/c1-37(59-9)51(71)63-49(57(3,4)5)55(75)67-33-31-65(35-45(67)53(73)61-43-27-19-23-39-21-15-17-25-41(39)43)47(69)29-13-11-12-14-30-48(70)66-32-34-68(56(76)50(58(6,7)8)64-52(72)38(2)60-10)46(36-66)54(74)62-44-28-20-24-40-22-16-18-26-42(40)44/h11-12,15-18,21-22,25-26,37-38,43-46,49-50,59-60H,13-14,19-20,23-24,27-36H2,1-10H3,(H,61,73)(H,62,74)(H,63,71)(H,64,72)/b12-11+/t37-,38-,43+,44+,45-,46-,49+,50?/m0/s1. The normalized spacial score (nSPS) is 21.6. The number of hydrogen-bond acceptors (Lipinski definition) is 10. The molecule has 18 heteroatoms. The first-order chi connectivity index (χ1) is 36.0. The van der Waals surface area contributed by atoms with Gasteiger partial charge in [0.2, 0.25) is 47.3 Å². The van der Waals surface area contributed by atoms with E-state index < -0.39 is 47.1 Å². The number of benzene rings is 2. The molecule has 6 N–H and O–H groups in total. The first kappa shape index (κ1) is 59.1. The van der Waals surface area contributed by atoms with Gasteiger partial charge in [0.25, 0.3) is 0 Å². The number of likely N-dealkylation sites (N-methyl/N-ethyl adjacent to an activating group) is 2. The maximum absolute atomic E-state index is 14.5. The number of nitrogens with zero attached hydrogens (tertiary/aromatic N) is 4. The number of hydrogen-bond donors (Lipinski definition) is 6. The van der Waals surface area contributed by atoms with E-state index in [0.29, 0.717) is 12.8 Å². The van der Waals surface area contributed by atoms with E-state index in [2.05, 4.69) is 44.0 Å². The largest absolute Gasteiger partial charge is 0.347 e. The fourth-order valence-electron chi connectivity index (χ4n) is 10.7. The zero-order valence-corrected chi connectivity index (χ0v) is 46.8. The maximum Gasteiger partial charge on any atom is 0.246 e. The van der Waals surface area contributed by atoms with Crippen LogP contribution in [0.15, 0.2) is 60.7 Å².